The zero-order valence-electron chi connectivity index (χ0n) is 9.97. The Labute approximate surface area is 105 Å². The van der Waals surface area contributed by atoms with Crippen molar-refractivity contribution in [3.63, 3.8) is 0 Å². The fraction of sp³-hybridized carbons (Fsp3) is 0.0714. The Morgan fingerprint density at radius 2 is 1.61 bits per heavy atom. The van der Waals surface area contributed by atoms with Gasteiger partial charge in [0.25, 0.3) is 0 Å². The molecule has 0 bridgehead atoms. The van der Waals surface area contributed by atoms with Crippen LogP contribution < -0.4 is 11.5 Å². The van der Waals surface area contributed by atoms with Crippen LogP contribution >= 0.6 is 0 Å². The average Bonchev–Trinajstić information content (AvgIpc) is 2.28. The zero-order valence-corrected chi connectivity index (χ0v) is 9.97. The van der Waals surface area contributed by atoms with E-state index in [0.717, 1.165) is 11.1 Å². The minimum absolute atomic E-state index is 0.233. The molecule has 4 heteroatoms. The van der Waals surface area contributed by atoms with E-state index in [1.807, 2.05) is 19.1 Å². The molecule has 0 spiro atoms. The van der Waals surface area contributed by atoms with Gasteiger partial charge in [-0.15, -0.1) is 0 Å². The molecule has 0 atom stereocenters. The molecule has 2 rings (SSSR count). The van der Waals surface area contributed by atoms with Crippen LogP contribution in [-0.4, -0.2) is 11.1 Å². The first-order chi connectivity index (χ1) is 8.49. The number of hydrogen-bond acceptors (Lipinski definition) is 3. The molecule has 5 N–H and O–H groups in total. The predicted molar refractivity (Wildman–Crippen MR) is 72.4 cm³/mol. The third-order valence-electron chi connectivity index (χ3n) is 2.81. The number of hydrogen-bond donors (Lipinski definition) is 3. The van der Waals surface area contributed by atoms with E-state index in [4.69, 9.17) is 11.5 Å². The first-order valence-electron chi connectivity index (χ1n) is 5.48. The molecule has 0 aliphatic carbocycles. The number of nitrogen functional groups attached to an aromatic ring is 2. The molecule has 0 aromatic heterocycles. The maximum atomic E-state index is 11.2. The van der Waals surface area contributed by atoms with E-state index in [1.54, 1.807) is 18.2 Å². The van der Waals surface area contributed by atoms with Gasteiger partial charge in [0.15, 0.2) is 0 Å². The SMILES string of the molecule is Cc1cc(N)ccc1-c1cc(N)ccc1C(=O)O. The van der Waals surface area contributed by atoms with E-state index in [-0.39, 0.29) is 5.56 Å². The number of carbonyl (C=O) groups is 1. The molecule has 4 nitrogen and oxygen atoms in total. The van der Waals surface area contributed by atoms with Crippen LogP contribution in [0.15, 0.2) is 36.4 Å². The van der Waals surface area contributed by atoms with Gasteiger partial charge in [-0.25, -0.2) is 4.79 Å². The lowest BCUT2D eigenvalue weighted by Crippen LogP contribution is -2.01. The minimum Gasteiger partial charge on any atom is -0.478 e. The van der Waals surface area contributed by atoms with Gasteiger partial charge >= 0.3 is 5.97 Å². The molecule has 0 fully saturated rings. The summed E-state index contributed by atoms with van der Waals surface area (Å²) < 4.78 is 0. The molecule has 2 aromatic carbocycles. The number of carboxylic acids is 1. The zero-order chi connectivity index (χ0) is 13.3. The maximum absolute atomic E-state index is 11.2. The van der Waals surface area contributed by atoms with Crippen LogP contribution in [0.25, 0.3) is 11.1 Å². The van der Waals surface area contributed by atoms with E-state index in [1.165, 1.54) is 6.07 Å². The highest BCUT2D eigenvalue weighted by molar-refractivity contribution is 5.97. The van der Waals surface area contributed by atoms with E-state index < -0.39 is 5.97 Å². The topological polar surface area (TPSA) is 89.3 Å². The Morgan fingerprint density at radius 1 is 1.00 bits per heavy atom. The lowest BCUT2D eigenvalue weighted by atomic mass is 9.95. The molecule has 0 saturated carbocycles. The number of benzene rings is 2. The molecule has 0 heterocycles. The van der Waals surface area contributed by atoms with Gasteiger partial charge in [0.2, 0.25) is 0 Å². The van der Waals surface area contributed by atoms with Crippen molar-refractivity contribution >= 4 is 17.3 Å². The van der Waals surface area contributed by atoms with Crippen molar-refractivity contribution in [3.8, 4) is 11.1 Å². The first-order valence-corrected chi connectivity index (χ1v) is 5.48. The average molecular weight is 242 g/mol. The lowest BCUT2D eigenvalue weighted by molar-refractivity contribution is 0.0698. The van der Waals surface area contributed by atoms with Crippen molar-refractivity contribution in [1.82, 2.24) is 0 Å². The summed E-state index contributed by atoms with van der Waals surface area (Å²) >= 11 is 0. The summed E-state index contributed by atoms with van der Waals surface area (Å²) in [6, 6.07) is 10.1. The Kier molecular flexibility index (Phi) is 2.93. The molecular weight excluding hydrogens is 228 g/mol. The van der Waals surface area contributed by atoms with Crippen LogP contribution in [0, 0.1) is 6.92 Å². The van der Waals surface area contributed by atoms with Gasteiger partial charge < -0.3 is 16.6 Å². The third kappa shape index (κ3) is 2.13. The standard InChI is InChI=1S/C14H14N2O2/c1-8-6-9(15)2-4-11(8)13-7-10(16)3-5-12(13)14(17)18/h2-7H,15-16H2,1H3,(H,17,18). The fourth-order valence-corrected chi connectivity index (χ4v) is 1.96. The van der Waals surface area contributed by atoms with E-state index in [2.05, 4.69) is 0 Å². The van der Waals surface area contributed by atoms with E-state index >= 15 is 0 Å². The van der Waals surface area contributed by atoms with Gasteiger partial charge in [0.1, 0.15) is 0 Å². The summed E-state index contributed by atoms with van der Waals surface area (Å²) in [5.41, 5.74) is 15.2. The molecule has 2 aromatic rings. The van der Waals surface area contributed by atoms with Crippen LogP contribution in [0.1, 0.15) is 15.9 Å². The lowest BCUT2D eigenvalue weighted by Gasteiger charge is -2.11. The van der Waals surface area contributed by atoms with Crippen molar-refractivity contribution in [2.24, 2.45) is 0 Å². The number of aromatic carboxylic acids is 1. The van der Waals surface area contributed by atoms with Crippen LogP contribution in [0.2, 0.25) is 0 Å². The fourth-order valence-electron chi connectivity index (χ4n) is 1.96. The van der Waals surface area contributed by atoms with E-state index in [9.17, 15) is 9.90 Å². The molecule has 0 amide bonds. The number of aryl methyl sites for hydroxylation is 1. The second-order valence-electron chi connectivity index (χ2n) is 4.18. The Balaban J connectivity index is 2.69. The van der Waals surface area contributed by atoms with Gasteiger partial charge in [0, 0.05) is 11.4 Å². The highest BCUT2D eigenvalue weighted by atomic mass is 16.4. The number of rotatable bonds is 2. The highest BCUT2D eigenvalue weighted by Crippen LogP contribution is 2.30. The van der Waals surface area contributed by atoms with Crippen LogP contribution in [0.5, 0.6) is 0 Å². The first kappa shape index (κ1) is 12.0. The molecule has 92 valence electrons. The van der Waals surface area contributed by atoms with Gasteiger partial charge in [-0.05, 0) is 53.9 Å². The number of anilines is 2. The molecule has 0 aliphatic rings. The normalized spacial score (nSPS) is 10.3. The minimum atomic E-state index is -0.971. The van der Waals surface area contributed by atoms with E-state index in [0.29, 0.717) is 16.9 Å². The number of carboxylic acid groups (broad SMARTS) is 1. The van der Waals surface area contributed by atoms with Crippen molar-refractivity contribution in [2.45, 2.75) is 6.92 Å². The molecule has 0 radical (unpaired) electrons. The van der Waals surface area contributed by atoms with Crippen molar-refractivity contribution in [3.05, 3.63) is 47.5 Å². The molecule has 18 heavy (non-hydrogen) atoms. The Hall–Kier alpha value is -2.49. The third-order valence-corrected chi connectivity index (χ3v) is 2.81. The van der Waals surface area contributed by atoms with Gasteiger partial charge in [0.05, 0.1) is 5.56 Å². The Morgan fingerprint density at radius 3 is 2.22 bits per heavy atom. The van der Waals surface area contributed by atoms with Gasteiger partial charge in [-0.3, -0.25) is 0 Å². The molecule has 0 aliphatic heterocycles. The second-order valence-corrected chi connectivity index (χ2v) is 4.18. The van der Waals surface area contributed by atoms with Crippen LogP contribution in [-0.2, 0) is 0 Å². The highest BCUT2D eigenvalue weighted by Gasteiger charge is 2.13. The summed E-state index contributed by atoms with van der Waals surface area (Å²) in [5.74, 6) is -0.971. The molecule has 0 unspecified atom stereocenters. The van der Waals surface area contributed by atoms with Crippen molar-refractivity contribution in [1.29, 1.82) is 0 Å². The second kappa shape index (κ2) is 4.41. The Bertz CT molecular complexity index is 621. The quantitative estimate of drug-likeness (QED) is 0.706. The monoisotopic (exact) mass is 242 g/mol. The smallest absolute Gasteiger partial charge is 0.336 e. The predicted octanol–water partition coefficient (Wildman–Crippen LogP) is 2.52. The van der Waals surface area contributed by atoms with Crippen molar-refractivity contribution < 1.29 is 9.90 Å². The summed E-state index contributed by atoms with van der Waals surface area (Å²) in [4.78, 5) is 11.2. The maximum Gasteiger partial charge on any atom is 0.336 e. The molecule has 0 saturated heterocycles. The summed E-state index contributed by atoms with van der Waals surface area (Å²) in [7, 11) is 0. The number of nitrogens with two attached hydrogens (primary N) is 2. The van der Waals surface area contributed by atoms with Crippen LogP contribution in [0.3, 0.4) is 0 Å². The van der Waals surface area contributed by atoms with Crippen molar-refractivity contribution in [2.75, 3.05) is 11.5 Å². The summed E-state index contributed by atoms with van der Waals surface area (Å²) in [6.45, 7) is 1.89. The van der Waals surface area contributed by atoms with Gasteiger partial charge in [-0.1, -0.05) is 6.07 Å². The van der Waals surface area contributed by atoms with Crippen LogP contribution in [0.4, 0.5) is 11.4 Å². The summed E-state index contributed by atoms with van der Waals surface area (Å²) in [6.07, 6.45) is 0. The summed E-state index contributed by atoms with van der Waals surface area (Å²) in [5, 5.41) is 9.20. The van der Waals surface area contributed by atoms with Gasteiger partial charge in [-0.2, -0.15) is 0 Å². The molecular formula is C14H14N2O2. The largest absolute Gasteiger partial charge is 0.478 e.